The number of anilines is 1. The van der Waals surface area contributed by atoms with E-state index in [1.54, 1.807) is 0 Å². The monoisotopic (exact) mass is 251 g/mol. The van der Waals surface area contributed by atoms with Crippen LogP contribution in [0.5, 0.6) is 0 Å². The van der Waals surface area contributed by atoms with E-state index in [9.17, 15) is 0 Å². The number of hydrogen-bond acceptors (Lipinski definition) is 1. The van der Waals surface area contributed by atoms with Gasteiger partial charge in [-0.1, -0.05) is 36.4 Å². The van der Waals surface area contributed by atoms with Gasteiger partial charge in [0.2, 0.25) is 0 Å². The maximum absolute atomic E-state index is 3.58. The van der Waals surface area contributed by atoms with Crippen molar-refractivity contribution in [3.8, 4) is 0 Å². The fourth-order valence-electron chi connectivity index (χ4n) is 2.86. The fourth-order valence-corrected chi connectivity index (χ4v) is 2.86. The zero-order chi connectivity index (χ0) is 13.2. The third-order valence-electron chi connectivity index (χ3n) is 4.13. The van der Waals surface area contributed by atoms with E-state index in [4.69, 9.17) is 0 Å². The second-order valence-electron chi connectivity index (χ2n) is 5.58. The Balaban J connectivity index is 1.92. The SMILES string of the molecule is Cc1ccc(Cc2cccc3c2NCCC3)cc1C. The number of rotatable bonds is 2. The lowest BCUT2D eigenvalue weighted by atomic mass is 9.94. The van der Waals surface area contributed by atoms with E-state index < -0.39 is 0 Å². The number of para-hydroxylation sites is 1. The number of fused-ring (bicyclic) bond motifs is 1. The molecule has 2 aromatic carbocycles. The molecule has 1 nitrogen and oxygen atoms in total. The molecule has 0 saturated carbocycles. The molecule has 0 fully saturated rings. The zero-order valence-electron chi connectivity index (χ0n) is 11.8. The largest absolute Gasteiger partial charge is 0.385 e. The minimum Gasteiger partial charge on any atom is -0.385 e. The van der Waals surface area contributed by atoms with Crippen LogP contribution in [0.3, 0.4) is 0 Å². The van der Waals surface area contributed by atoms with E-state index in [2.05, 4.69) is 55.6 Å². The van der Waals surface area contributed by atoms with Crippen LogP contribution in [-0.2, 0) is 12.8 Å². The summed E-state index contributed by atoms with van der Waals surface area (Å²) in [7, 11) is 0. The highest BCUT2D eigenvalue weighted by Crippen LogP contribution is 2.28. The first-order valence-electron chi connectivity index (χ1n) is 7.15. The van der Waals surface area contributed by atoms with Gasteiger partial charge in [-0.05, 0) is 60.9 Å². The summed E-state index contributed by atoms with van der Waals surface area (Å²) in [6.07, 6.45) is 3.49. The molecule has 1 N–H and O–H groups in total. The van der Waals surface area contributed by atoms with Crippen molar-refractivity contribution < 1.29 is 0 Å². The summed E-state index contributed by atoms with van der Waals surface area (Å²) in [4.78, 5) is 0. The maximum atomic E-state index is 3.58. The first-order chi connectivity index (χ1) is 9.24. The van der Waals surface area contributed by atoms with Crippen molar-refractivity contribution in [2.24, 2.45) is 0 Å². The van der Waals surface area contributed by atoms with Gasteiger partial charge < -0.3 is 5.32 Å². The molecule has 0 amide bonds. The topological polar surface area (TPSA) is 12.0 Å². The molecule has 1 aliphatic heterocycles. The maximum Gasteiger partial charge on any atom is 0.0408 e. The van der Waals surface area contributed by atoms with E-state index in [0.717, 1.165) is 13.0 Å². The Labute approximate surface area is 115 Å². The molecule has 1 aliphatic rings. The Morgan fingerprint density at radius 2 is 1.95 bits per heavy atom. The van der Waals surface area contributed by atoms with Gasteiger partial charge in [0.05, 0.1) is 0 Å². The van der Waals surface area contributed by atoms with Crippen LogP contribution >= 0.6 is 0 Å². The lowest BCUT2D eigenvalue weighted by Crippen LogP contribution is -2.13. The van der Waals surface area contributed by atoms with Gasteiger partial charge >= 0.3 is 0 Å². The van der Waals surface area contributed by atoms with Crippen LogP contribution in [0.25, 0.3) is 0 Å². The highest BCUT2D eigenvalue weighted by Gasteiger charge is 2.12. The summed E-state index contributed by atoms with van der Waals surface area (Å²) in [5.41, 5.74) is 8.45. The van der Waals surface area contributed by atoms with E-state index in [-0.39, 0.29) is 0 Å². The molecule has 0 spiro atoms. The van der Waals surface area contributed by atoms with Crippen LogP contribution in [0, 0.1) is 13.8 Å². The lowest BCUT2D eigenvalue weighted by Gasteiger charge is -2.21. The van der Waals surface area contributed by atoms with Gasteiger partial charge in [-0.25, -0.2) is 0 Å². The molecule has 0 atom stereocenters. The lowest BCUT2D eigenvalue weighted by molar-refractivity contribution is 0.825. The summed E-state index contributed by atoms with van der Waals surface area (Å²) in [5, 5.41) is 3.58. The average Bonchev–Trinajstić information content (AvgIpc) is 2.43. The van der Waals surface area contributed by atoms with Crippen LogP contribution < -0.4 is 5.32 Å². The van der Waals surface area contributed by atoms with Crippen molar-refractivity contribution in [1.29, 1.82) is 0 Å². The Hall–Kier alpha value is -1.76. The van der Waals surface area contributed by atoms with E-state index in [1.807, 2.05) is 0 Å². The van der Waals surface area contributed by atoms with E-state index in [1.165, 1.54) is 46.3 Å². The second kappa shape index (κ2) is 5.08. The van der Waals surface area contributed by atoms with Gasteiger partial charge in [-0.2, -0.15) is 0 Å². The second-order valence-corrected chi connectivity index (χ2v) is 5.58. The van der Waals surface area contributed by atoms with Crippen LogP contribution in [0.1, 0.15) is 34.2 Å². The molecule has 98 valence electrons. The summed E-state index contributed by atoms with van der Waals surface area (Å²) in [6.45, 7) is 5.47. The Morgan fingerprint density at radius 3 is 2.79 bits per heavy atom. The molecule has 1 heteroatoms. The first-order valence-corrected chi connectivity index (χ1v) is 7.15. The van der Waals surface area contributed by atoms with Gasteiger partial charge in [0.1, 0.15) is 0 Å². The standard InChI is InChI=1S/C18H21N/c1-13-8-9-15(11-14(13)2)12-17-6-3-5-16-7-4-10-19-18(16)17/h3,5-6,8-9,11,19H,4,7,10,12H2,1-2H3. The third kappa shape index (κ3) is 2.51. The molecule has 0 unspecified atom stereocenters. The Morgan fingerprint density at radius 1 is 1.05 bits per heavy atom. The number of aryl methyl sites for hydroxylation is 3. The minimum absolute atomic E-state index is 1.03. The molecule has 0 aromatic heterocycles. The van der Waals surface area contributed by atoms with Crippen molar-refractivity contribution in [2.75, 3.05) is 11.9 Å². The van der Waals surface area contributed by atoms with Crippen molar-refractivity contribution in [1.82, 2.24) is 0 Å². The van der Waals surface area contributed by atoms with Crippen LogP contribution in [0.4, 0.5) is 5.69 Å². The normalized spacial score (nSPS) is 13.8. The summed E-state index contributed by atoms with van der Waals surface area (Å²) in [6, 6.07) is 13.5. The minimum atomic E-state index is 1.03. The van der Waals surface area contributed by atoms with Crippen LogP contribution in [0.2, 0.25) is 0 Å². The summed E-state index contributed by atoms with van der Waals surface area (Å²) < 4.78 is 0. The van der Waals surface area contributed by atoms with Crippen molar-refractivity contribution in [2.45, 2.75) is 33.1 Å². The molecule has 0 bridgehead atoms. The van der Waals surface area contributed by atoms with E-state index >= 15 is 0 Å². The smallest absolute Gasteiger partial charge is 0.0408 e. The zero-order valence-corrected chi connectivity index (χ0v) is 11.8. The van der Waals surface area contributed by atoms with Crippen LogP contribution in [-0.4, -0.2) is 6.54 Å². The number of benzene rings is 2. The highest BCUT2D eigenvalue weighted by molar-refractivity contribution is 5.60. The van der Waals surface area contributed by atoms with Gasteiger partial charge in [0.15, 0.2) is 0 Å². The quantitative estimate of drug-likeness (QED) is 0.841. The number of hydrogen-bond donors (Lipinski definition) is 1. The summed E-state index contributed by atoms with van der Waals surface area (Å²) >= 11 is 0. The predicted octanol–water partition coefficient (Wildman–Crippen LogP) is 4.25. The Bertz CT molecular complexity index is 599. The Kier molecular flexibility index (Phi) is 3.29. The number of nitrogens with one attached hydrogen (secondary N) is 1. The van der Waals surface area contributed by atoms with Gasteiger partial charge in [-0.3, -0.25) is 0 Å². The molecule has 0 aliphatic carbocycles. The molecular weight excluding hydrogens is 230 g/mol. The molecular formula is C18H21N. The third-order valence-corrected chi connectivity index (χ3v) is 4.13. The van der Waals surface area contributed by atoms with E-state index in [0.29, 0.717) is 0 Å². The highest BCUT2D eigenvalue weighted by atomic mass is 14.9. The van der Waals surface area contributed by atoms with Crippen LogP contribution in [0.15, 0.2) is 36.4 Å². The summed E-state index contributed by atoms with van der Waals surface area (Å²) in [5.74, 6) is 0. The van der Waals surface area contributed by atoms with Gasteiger partial charge in [-0.15, -0.1) is 0 Å². The van der Waals surface area contributed by atoms with Gasteiger partial charge in [0, 0.05) is 12.2 Å². The molecule has 3 rings (SSSR count). The average molecular weight is 251 g/mol. The molecule has 2 aromatic rings. The molecule has 1 heterocycles. The van der Waals surface area contributed by atoms with Crippen molar-refractivity contribution in [3.05, 3.63) is 64.2 Å². The predicted molar refractivity (Wildman–Crippen MR) is 82.0 cm³/mol. The van der Waals surface area contributed by atoms with Crippen molar-refractivity contribution >= 4 is 5.69 Å². The first kappa shape index (κ1) is 12.3. The molecule has 0 saturated heterocycles. The van der Waals surface area contributed by atoms with Gasteiger partial charge in [0.25, 0.3) is 0 Å². The van der Waals surface area contributed by atoms with Crippen molar-refractivity contribution in [3.63, 3.8) is 0 Å². The fraction of sp³-hybridized carbons (Fsp3) is 0.333. The molecule has 19 heavy (non-hydrogen) atoms. The molecule has 0 radical (unpaired) electrons.